The minimum atomic E-state index is -0.141. The van der Waals surface area contributed by atoms with Gasteiger partial charge in [0.25, 0.3) is 0 Å². The maximum atomic E-state index is 12.6. The average molecular weight is 357 g/mol. The summed E-state index contributed by atoms with van der Waals surface area (Å²) in [4.78, 5) is 34.1. The highest BCUT2D eigenvalue weighted by Gasteiger charge is 2.20. The summed E-state index contributed by atoms with van der Waals surface area (Å²) in [6, 6.07) is 11.5. The number of fused-ring (bicyclic) bond motifs is 1. The minimum Gasteiger partial charge on any atom is -0.288 e. The van der Waals surface area contributed by atoms with Crippen LogP contribution < -0.4 is 4.90 Å². The molecule has 0 saturated carbocycles. The number of thiazole rings is 1. The van der Waals surface area contributed by atoms with Crippen molar-refractivity contribution in [2.75, 3.05) is 10.7 Å². The fraction of sp³-hybridized carbons (Fsp3) is 0.176. The van der Waals surface area contributed by atoms with Crippen molar-refractivity contribution in [2.24, 2.45) is 0 Å². The molecule has 0 saturated heterocycles. The average Bonchev–Trinajstić information content (AvgIpc) is 3.02. The topological polar surface area (TPSA) is 63.2 Å². The molecule has 2 heterocycles. The van der Waals surface area contributed by atoms with Gasteiger partial charge in [0, 0.05) is 19.3 Å². The van der Waals surface area contributed by atoms with E-state index in [1.807, 2.05) is 36.4 Å². The molecule has 0 spiro atoms. The monoisotopic (exact) mass is 357 g/mol. The molecule has 0 atom stereocenters. The van der Waals surface area contributed by atoms with Crippen molar-refractivity contribution in [3.8, 4) is 0 Å². The second-order valence-corrected chi connectivity index (χ2v) is 7.25. The third-order valence-electron chi connectivity index (χ3n) is 3.28. The number of anilines is 1. The van der Waals surface area contributed by atoms with Crippen molar-refractivity contribution in [1.82, 2.24) is 9.97 Å². The van der Waals surface area contributed by atoms with Gasteiger partial charge in [-0.2, -0.15) is 0 Å². The molecule has 0 aliphatic heterocycles. The van der Waals surface area contributed by atoms with Crippen LogP contribution in [-0.4, -0.2) is 26.7 Å². The van der Waals surface area contributed by atoms with E-state index in [1.54, 1.807) is 17.3 Å². The fourth-order valence-electron chi connectivity index (χ4n) is 2.15. The molecule has 3 aromatic rings. The Morgan fingerprint density at radius 1 is 1.21 bits per heavy atom. The summed E-state index contributed by atoms with van der Waals surface area (Å²) < 4.78 is 1.02. The number of amides is 1. The molecule has 0 aliphatic carbocycles. The molecule has 122 valence electrons. The van der Waals surface area contributed by atoms with E-state index < -0.39 is 0 Å². The molecule has 1 aromatic carbocycles. The Hall–Kier alpha value is -2.25. The molecule has 5 nitrogen and oxygen atoms in total. The van der Waals surface area contributed by atoms with Gasteiger partial charge in [-0.15, -0.1) is 0 Å². The zero-order valence-corrected chi connectivity index (χ0v) is 14.6. The zero-order valence-electron chi connectivity index (χ0n) is 13.0. The molecule has 0 radical (unpaired) electrons. The molecular formula is C17H15N3O2S2. The number of nitrogens with zero attached hydrogens (tertiary/aromatic N) is 3. The van der Waals surface area contributed by atoms with Gasteiger partial charge >= 0.3 is 0 Å². The summed E-state index contributed by atoms with van der Waals surface area (Å²) >= 11 is 2.48. The van der Waals surface area contributed by atoms with Gasteiger partial charge in [-0.25, -0.2) is 4.98 Å². The van der Waals surface area contributed by atoms with E-state index in [-0.39, 0.29) is 16.8 Å². The molecule has 1 amide bonds. The smallest absolute Gasteiger partial charge is 0.239 e. The Kier molecular flexibility index (Phi) is 5.22. The number of pyridine rings is 1. The van der Waals surface area contributed by atoms with Crippen molar-refractivity contribution in [3.05, 3.63) is 54.4 Å². The van der Waals surface area contributed by atoms with E-state index in [2.05, 4.69) is 9.97 Å². The van der Waals surface area contributed by atoms with Crippen LogP contribution in [0.1, 0.15) is 12.5 Å². The molecule has 24 heavy (non-hydrogen) atoms. The number of benzene rings is 1. The van der Waals surface area contributed by atoms with Gasteiger partial charge in [0.2, 0.25) is 5.91 Å². The van der Waals surface area contributed by atoms with Crippen LogP contribution in [-0.2, 0) is 16.1 Å². The molecule has 0 fully saturated rings. The van der Waals surface area contributed by atoms with Gasteiger partial charge in [-0.3, -0.25) is 19.5 Å². The second kappa shape index (κ2) is 7.55. The fourth-order valence-corrected chi connectivity index (χ4v) is 3.62. The van der Waals surface area contributed by atoms with Gasteiger partial charge in [0.05, 0.1) is 22.5 Å². The van der Waals surface area contributed by atoms with Gasteiger partial charge in [-0.1, -0.05) is 41.3 Å². The largest absolute Gasteiger partial charge is 0.288 e. The SMILES string of the molecule is CC(=O)SCC(=O)N(Cc1cccnc1)c1nc2ccccc2s1. The van der Waals surface area contributed by atoms with Crippen molar-refractivity contribution in [1.29, 1.82) is 0 Å². The van der Waals surface area contributed by atoms with E-state index in [0.29, 0.717) is 11.7 Å². The first-order chi connectivity index (χ1) is 11.6. The number of rotatable bonds is 5. The van der Waals surface area contributed by atoms with E-state index >= 15 is 0 Å². The Labute approximate surface area is 147 Å². The molecular weight excluding hydrogens is 342 g/mol. The minimum absolute atomic E-state index is 0.0750. The summed E-state index contributed by atoms with van der Waals surface area (Å²) in [6.07, 6.45) is 3.42. The van der Waals surface area contributed by atoms with Gasteiger partial charge in [0.1, 0.15) is 0 Å². The summed E-state index contributed by atoms with van der Waals surface area (Å²) in [7, 11) is 0. The number of para-hydroxylation sites is 1. The first kappa shape index (κ1) is 16.6. The highest BCUT2D eigenvalue weighted by molar-refractivity contribution is 8.14. The Morgan fingerprint density at radius 2 is 2.04 bits per heavy atom. The summed E-state index contributed by atoms with van der Waals surface area (Å²) in [5.41, 5.74) is 1.78. The Morgan fingerprint density at radius 3 is 2.75 bits per heavy atom. The lowest BCUT2D eigenvalue weighted by Crippen LogP contribution is -2.32. The van der Waals surface area contributed by atoms with Crippen molar-refractivity contribution >= 4 is 49.5 Å². The normalized spacial score (nSPS) is 10.7. The van der Waals surface area contributed by atoms with Crippen LogP contribution in [0.3, 0.4) is 0 Å². The van der Waals surface area contributed by atoms with Crippen molar-refractivity contribution < 1.29 is 9.59 Å². The van der Waals surface area contributed by atoms with Crippen LogP contribution in [0.4, 0.5) is 5.13 Å². The molecule has 0 aliphatic rings. The predicted octanol–water partition coefficient (Wildman–Crippen LogP) is 3.50. The number of thioether (sulfide) groups is 1. The van der Waals surface area contributed by atoms with Crippen LogP contribution >= 0.6 is 23.1 Å². The Bertz CT molecular complexity index is 831. The summed E-state index contributed by atoms with van der Waals surface area (Å²) in [6.45, 7) is 1.84. The maximum Gasteiger partial charge on any atom is 0.239 e. The van der Waals surface area contributed by atoms with E-state index in [1.165, 1.54) is 18.3 Å². The molecule has 0 N–H and O–H groups in total. The lowest BCUT2D eigenvalue weighted by Gasteiger charge is -2.19. The standard InChI is InChI=1S/C17H15N3O2S2/c1-12(21)23-11-16(22)20(10-13-5-4-8-18-9-13)17-19-14-6-2-3-7-15(14)24-17/h2-9H,10-11H2,1H3. The van der Waals surface area contributed by atoms with Crippen molar-refractivity contribution in [2.45, 2.75) is 13.5 Å². The summed E-state index contributed by atoms with van der Waals surface area (Å²) in [5.74, 6) is -0.0379. The van der Waals surface area contributed by atoms with Crippen LogP contribution in [0.25, 0.3) is 10.2 Å². The third kappa shape index (κ3) is 3.98. The lowest BCUT2D eigenvalue weighted by molar-refractivity contribution is -0.116. The van der Waals surface area contributed by atoms with Crippen molar-refractivity contribution in [3.63, 3.8) is 0 Å². The summed E-state index contributed by atoms with van der Waals surface area (Å²) in [5, 5.41) is 0.559. The van der Waals surface area contributed by atoms with Crippen LogP contribution in [0.15, 0.2) is 48.8 Å². The number of hydrogen-bond donors (Lipinski definition) is 0. The Balaban J connectivity index is 1.91. The molecule has 2 aromatic heterocycles. The zero-order chi connectivity index (χ0) is 16.9. The number of aromatic nitrogens is 2. The molecule has 0 unspecified atom stereocenters. The molecule has 0 bridgehead atoms. The highest BCUT2D eigenvalue weighted by atomic mass is 32.2. The lowest BCUT2D eigenvalue weighted by atomic mass is 10.3. The van der Waals surface area contributed by atoms with Gasteiger partial charge < -0.3 is 0 Å². The first-order valence-corrected chi connectivity index (χ1v) is 9.12. The predicted molar refractivity (Wildman–Crippen MR) is 98.2 cm³/mol. The maximum absolute atomic E-state index is 12.6. The highest BCUT2D eigenvalue weighted by Crippen LogP contribution is 2.30. The first-order valence-electron chi connectivity index (χ1n) is 7.31. The van der Waals surface area contributed by atoms with Crippen LogP contribution in [0.2, 0.25) is 0 Å². The molecule has 7 heteroatoms. The van der Waals surface area contributed by atoms with Crippen LogP contribution in [0, 0.1) is 0 Å². The third-order valence-corrected chi connectivity index (χ3v) is 5.13. The number of hydrogen-bond acceptors (Lipinski definition) is 6. The van der Waals surface area contributed by atoms with Gasteiger partial charge in [-0.05, 0) is 23.8 Å². The van der Waals surface area contributed by atoms with E-state index in [9.17, 15) is 9.59 Å². The van der Waals surface area contributed by atoms with E-state index in [0.717, 1.165) is 27.5 Å². The van der Waals surface area contributed by atoms with Crippen LogP contribution in [0.5, 0.6) is 0 Å². The quantitative estimate of drug-likeness (QED) is 0.699. The number of carbonyl (C=O) groups excluding carboxylic acids is 2. The van der Waals surface area contributed by atoms with Gasteiger partial charge in [0.15, 0.2) is 10.2 Å². The van der Waals surface area contributed by atoms with E-state index in [4.69, 9.17) is 0 Å². The second-order valence-electron chi connectivity index (χ2n) is 5.09. The number of carbonyl (C=O) groups is 2. The molecule has 3 rings (SSSR count).